The predicted molar refractivity (Wildman–Crippen MR) is 104 cm³/mol. The number of rotatable bonds is 4. The molecule has 2 fully saturated rings. The molecule has 2 aliphatic heterocycles. The number of nitrogen functional groups attached to an aromatic ring is 1. The third kappa shape index (κ3) is 4.12. The minimum absolute atomic E-state index is 0.0880. The Morgan fingerprint density at radius 2 is 1.89 bits per heavy atom. The summed E-state index contributed by atoms with van der Waals surface area (Å²) in [5.41, 5.74) is 8.22. The number of hydrogen-bond acceptors (Lipinski definition) is 5. The lowest BCUT2D eigenvalue weighted by atomic mass is 10.0. The molecule has 6 heteroatoms. The number of fused-ring (bicyclic) bond motifs is 1. The predicted octanol–water partition coefficient (Wildman–Crippen LogP) is 2.06. The lowest BCUT2D eigenvalue weighted by Crippen LogP contribution is -2.53. The van der Waals surface area contributed by atoms with E-state index in [-0.39, 0.29) is 24.7 Å². The standard InChI is InChI=1S/C21H26N4O2/c22-21-17(7-4-10-23-21)14-24-11-8-18-19(9-12-24)27-15-20(26)25(18)13-16-5-2-1-3-6-16/h1-7,10,18-19H,8-9,11-15H2,(H2,22,23)/t18-,19-/m0/s1. The van der Waals surface area contributed by atoms with Crippen molar-refractivity contribution < 1.29 is 9.53 Å². The summed E-state index contributed by atoms with van der Waals surface area (Å²) in [6.45, 7) is 3.47. The zero-order chi connectivity index (χ0) is 18.6. The second-order valence-electron chi connectivity index (χ2n) is 7.33. The molecule has 1 aromatic heterocycles. The average molecular weight is 366 g/mol. The molecule has 2 aromatic rings. The molecule has 1 aromatic carbocycles. The zero-order valence-corrected chi connectivity index (χ0v) is 15.5. The van der Waals surface area contributed by atoms with Gasteiger partial charge in [0.2, 0.25) is 5.91 Å². The number of carbonyl (C=O) groups is 1. The van der Waals surface area contributed by atoms with Crippen molar-refractivity contribution in [3.05, 3.63) is 59.8 Å². The first-order valence-corrected chi connectivity index (χ1v) is 9.57. The van der Waals surface area contributed by atoms with Crippen LogP contribution in [0.1, 0.15) is 24.0 Å². The Kier molecular flexibility index (Phi) is 5.36. The van der Waals surface area contributed by atoms with Crippen molar-refractivity contribution in [3.63, 3.8) is 0 Å². The van der Waals surface area contributed by atoms with E-state index in [1.165, 1.54) is 0 Å². The summed E-state index contributed by atoms with van der Waals surface area (Å²) in [6.07, 6.45) is 3.64. The molecule has 3 heterocycles. The van der Waals surface area contributed by atoms with Crippen LogP contribution in [0.2, 0.25) is 0 Å². The van der Waals surface area contributed by atoms with Gasteiger partial charge in [-0.3, -0.25) is 9.69 Å². The molecule has 2 N–H and O–H groups in total. The SMILES string of the molecule is Nc1ncccc1CN1CC[C@@H]2OCC(=O)N(Cc3ccccc3)[C@H]2CC1. The van der Waals surface area contributed by atoms with Gasteiger partial charge in [0.05, 0.1) is 12.1 Å². The molecule has 0 saturated carbocycles. The van der Waals surface area contributed by atoms with Crippen LogP contribution in [0.25, 0.3) is 0 Å². The minimum atomic E-state index is 0.0880. The summed E-state index contributed by atoms with van der Waals surface area (Å²) >= 11 is 0. The first-order chi connectivity index (χ1) is 13.2. The van der Waals surface area contributed by atoms with E-state index in [1.807, 2.05) is 35.2 Å². The van der Waals surface area contributed by atoms with E-state index in [2.05, 4.69) is 22.0 Å². The Labute approximate surface area is 159 Å². The van der Waals surface area contributed by atoms with Crippen molar-refractivity contribution in [3.8, 4) is 0 Å². The Bertz CT molecular complexity index is 783. The average Bonchev–Trinajstić information content (AvgIpc) is 2.89. The van der Waals surface area contributed by atoms with E-state index in [0.29, 0.717) is 12.4 Å². The van der Waals surface area contributed by atoms with Gasteiger partial charge in [-0.15, -0.1) is 0 Å². The number of hydrogen-bond donors (Lipinski definition) is 1. The molecule has 0 radical (unpaired) electrons. The molecule has 2 atom stereocenters. The number of likely N-dealkylation sites (tertiary alicyclic amines) is 1. The van der Waals surface area contributed by atoms with Crippen molar-refractivity contribution in [1.29, 1.82) is 0 Å². The van der Waals surface area contributed by atoms with E-state index < -0.39 is 0 Å². The maximum Gasteiger partial charge on any atom is 0.249 e. The lowest BCUT2D eigenvalue weighted by molar-refractivity contribution is -0.158. The van der Waals surface area contributed by atoms with Gasteiger partial charge in [-0.25, -0.2) is 4.98 Å². The number of amides is 1. The van der Waals surface area contributed by atoms with Crippen molar-refractivity contribution >= 4 is 11.7 Å². The second kappa shape index (κ2) is 8.06. The molecule has 6 nitrogen and oxygen atoms in total. The van der Waals surface area contributed by atoms with Gasteiger partial charge in [0.15, 0.2) is 0 Å². The van der Waals surface area contributed by atoms with Gasteiger partial charge in [0.1, 0.15) is 12.4 Å². The maximum absolute atomic E-state index is 12.5. The molecule has 4 rings (SSSR count). The number of ether oxygens (including phenoxy) is 1. The van der Waals surface area contributed by atoms with E-state index >= 15 is 0 Å². The van der Waals surface area contributed by atoms with Crippen molar-refractivity contribution in [1.82, 2.24) is 14.8 Å². The third-order valence-corrected chi connectivity index (χ3v) is 5.56. The van der Waals surface area contributed by atoms with Crippen LogP contribution >= 0.6 is 0 Å². The van der Waals surface area contributed by atoms with Gasteiger partial charge in [0.25, 0.3) is 0 Å². The molecule has 0 unspecified atom stereocenters. The fourth-order valence-corrected chi connectivity index (χ4v) is 4.08. The Balaban J connectivity index is 1.46. The van der Waals surface area contributed by atoms with Crippen molar-refractivity contribution in [2.45, 2.75) is 38.1 Å². The smallest absolute Gasteiger partial charge is 0.249 e. The summed E-state index contributed by atoms with van der Waals surface area (Å²) in [4.78, 5) is 21.1. The molecule has 142 valence electrons. The van der Waals surface area contributed by atoms with Crippen LogP contribution in [0.15, 0.2) is 48.7 Å². The van der Waals surface area contributed by atoms with Crippen LogP contribution in [-0.4, -0.2) is 52.5 Å². The molecule has 0 aliphatic carbocycles. The molecule has 1 amide bonds. The summed E-state index contributed by atoms with van der Waals surface area (Å²) in [7, 11) is 0. The van der Waals surface area contributed by atoms with Crippen LogP contribution in [0, 0.1) is 0 Å². The summed E-state index contributed by atoms with van der Waals surface area (Å²) in [6, 6.07) is 14.3. The molecular weight excluding hydrogens is 340 g/mol. The molecule has 0 bridgehead atoms. The molecule has 27 heavy (non-hydrogen) atoms. The summed E-state index contributed by atoms with van der Waals surface area (Å²) < 4.78 is 5.91. The van der Waals surface area contributed by atoms with Crippen LogP contribution in [-0.2, 0) is 22.6 Å². The summed E-state index contributed by atoms with van der Waals surface area (Å²) in [5, 5.41) is 0. The highest BCUT2D eigenvalue weighted by Gasteiger charge is 2.38. The second-order valence-corrected chi connectivity index (χ2v) is 7.33. The fourth-order valence-electron chi connectivity index (χ4n) is 4.08. The normalized spacial score (nSPS) is 23.7. The first kappa shape index (κ1) is 17.9. The molecular formula is C21H26N4O2. The third-order valence-electron chi connectivity index (χ3n) is 5.56. The van der Waals surface area contributed by atoms with Gasteiger partial charge in [-0.1, -0.05) is 36.4 Å². The number of benzene rings is 1. The molecule has 2 aliphatic rings. The fraction of sp³-hybridized carbons (Fsp3) is 0.429. The van der Waals surface area contributed by atoms with Crippen LogP contribution in [0.5, 0.6) is 0 Å². The number of carbonyl (C=O) groups excluding carboxylic acids is 1. The van der Waals surface area contributed by atoms with E-state index in [1.54, 1.807) is 6.20 Å². The van der Waals surface area contributed by atoms with Gasteiger partial charge < -0.3 is 15.4 Å². The highest BCUT2D eigenvalue weighted by atomic mass is 16.5. The Hall–Kier alpha value is -2.44. The highest BCUT2D eigenvalue weighted by Crippen LogP contribution is 2.27. The van der Waals surface area contributed by atoms with Gasteiger partial charge in [0, 0.05) is 37.9 Å². The van der Waals surface area contributed by atoms with Gasteiger partial charge in [-0.2, -0.15) is 0 Å². The van der Waals surface area contributed by atoms with Crippen molar-refractivity contribution in [2.75, 3.05) is 25.4 Å². The Morgan fingerprint density at radius 3 is 2.70 bits per heavy atom. The van der Waals surface area contributed by atoms with Crippen LogP contribution < -0.4 is 5.73 Å². The van der Waals surface area contributed by atoms with Gasteiger partial charge in [-0.05, 0) is 24.5 Å². The maximum atomic E-state index is 12.5. The van der Waals surface area contributed by atoms with E-state index in [0.717, 1.165) is 43.6 Å². The molecule has 2 saturated heterocycles. The number of morpholine rings is 1. The summed E-state index contributed by atoms with van der Waals surface area (Å²) in [5.74, 6) is 0.682. The first-order valence-electron chi connectivity index (χ1n) is 9.57. The van der Waals surface area contributed by atoms with E-state index in [4.69, 9.17) is 10.5 Å². The Morgan fingerprint density at radius 1 is 1.07 bits per heavy atom. The number of anilines is 1. The minimum Gasteiger partial charge on any atom is -0.383 e. The van der Waals surface area contributed by atoms with Crippen molar-refractivity contribution in [2.24, 2.45) is 0 Å². The van der Waals surface area contributed by atoms with Crippen LogP contribution in [0.4, 0.5) is 5.82 Å². The highest BCUT2D eigenvalue weighted by molar-refractivity contribution is 5.78. The topological polar surface area (TPSA) is 71.7 Å². The lowest BCUT2D eigenvalue weighted by Gasteiger charge is -2.40. The number of nitrogens with zero attached hydrogens (tertiary/aromatic N) is 3. The quantitative estimate of drug-likeness (QED) is 0.897. The monoisotopic (exact) mass is 366 g/mol. The zero-order valence-electron chi connectivity index (χ0n) is 15.5. The molecule has 0 spiro atoms. The largest absolute Gasteiger partial charge is 0.383 e. The number of nitrogens with two attached hydrogens (primary N) is 1. The number of aromatic nitrogens is 1. The number of pyridine rings is 1. The van der Waals surface area contributed by atoms with Crippen LogP contribution in [0.3, 0.4) is 0 Å². The van der Waals surface area contributed by atoms with E-state index in [9.17, 15) is 4.79 Å². The van der Waals surface area contributed by atoms with Gasteiger partial charge >= 0.3 is 0 Å².